The van der Waals surface area contributed by atoms with E-state index in [0.717, 1.165) is 37.7 Å². The van der Waals surface area contributed by atoms with E-state index in [1.165, 1.54) is 0 Å². The molecule has 0 aromatic carbocycles. The van der Waals surface area contributed by atoms with Crippen LogP contribution in [0.1, 0.15) is 99.3 Å². The van der Waals surface area contributed by atoms with E-state index in [2.05, 4.69) is 40.7 Å². The van der Waals surface area contributed by atoms with Crippen molar-refractivity contribution in [3.63, 3.8) is 0 Å². The third kappa shape index (κ3) is 4.12. The predicted molar refractivity (Wildman–Crippen MR) is 162 cm³/mol. The molecule has 6 aliphatic rings. The summed E-state index contributed by atoms with van der Waals surface area (Å²) in [5, 5.41) is 64.4. The number of rotatable bonds is 4. The Morgan fingerprint density at radius 1 is 0.955 bits per heavy atom. The highest BCUT2D eigenvalue weighted by Crippen LogP contribution is 2.76. The molecule has 0 radical (unpaired) electrons. The average molecular weight is 621 g/mol. The Hall–Kier alpha value is -1.07. The van der Waals surface area contributed by atoms with Gasteiger partial charge in [-0.1, -0.05) is 46.3 Å². The molecule has 4 saturated carbocycles. The fraction of sp³-hybridized carbons (Fsp3) is 0.914. The molecule has 0 bridgehead atoms. The second-order valence-electron chi connectivity index (χ2n) is 16.9. The minimum absolute atomic E-state index is 0.0126. The molecule has 6 rings (SSSR count). The van der Waals surface area contributed by atoms with Crippen LogP contribution in [0.3, 0.4) is 0 Å². The van der Waals surface area contributed by atoms with Crippen LogP contribution >= 0.6 is 0 Å². The topological polar surface area (TPSA) is 157 Å². The number of hydrogen-bond acceptors (Lipinski definition) is 8. The second-order valence-corrected chi connectivity index (χ2v) is 16.9. The smallest absolute Gasteiger partial charge is 0.310 e. The standard InChI is InChI=1S/C35H56O9/c1-19-9-14-35(29(40)41)16-15-32(4)20(27(35)34(19,6)42)7-8-23-30(2)12-11-24(44-28-26(39)25(38)21(37)17-43-28)31(3,18-36)22(30)10-13-33(23,32)5/h7,19,21-28,36-39,42H,8-18H2,1-6H3,(H,40,41)/t19-,21+,22?,23-,24+,25+,26-,27?,28+,30+,31+,32-,33-,34-,35+/m1/s1. The molecule has 6 N–H and O–H groups in total. The average Bonchev–Trinajstić information content (AvgIpc) is 2.96. The number of aliphatic carboxylic acids is 1. The molecule has 0 aromatic rings. The van der Waals surface area contributed by atoms with Crippen LogP contribution in [0.4, 0.5) is 0 Å². The minimum Gasteiger partial charge on any atom is -0.481 e. The van der Waals surface area contributed by atoms with Gasteiger partial charge in [-0.15, -0.1) is 0 Å². The lowest BCUT2D eigenvalue weighted by atomic mass is 9.33. The summed E-state index contributed by atoms with van der Waals surface area (Å²) in [7, 11) is 0. The van der Waals surface area contributed by atoms with Crippen LogP contribution in [-0.4, -0.2) is 86.1 Å². The van der Waals surface area contributed by atoms with Crippen LogP contribution in [0.2, 0.25) is 0 Å². The molecular formula is C35H56O9. The van der Waals surface area contributed by atoms with Crippen LogP contribution in [-0.2, 0) is 14.3 Å². The Bertz CT molecular complexity index is 1190. The fourth-order valence-electron chi connectivity index (χ4n) is 12.1. The Morgan fingerprint density at radius 2 is 1.66 bits per heavy atom. The monoisotopic (exact) mass is 620 g/mol. The quantitative estimate of drug-likeness (QED) is 0.204. The van der Waals surface area contributed by atoms with Crippen molar-refractivity contribution < 1.29 is 44.9 Å². The summed E-state index contributed by atoms with van der Waals surface area (Å²) in [4.78, 5) is 13.0. The molecule has 250 valence electrons. The number of fused-ring (bicyclic) bond motifs is 7. The SMILES string of the molecule is C[C@@H]1CC[C@]2(C(=O)O)CC[C@]3(C)C(=CC[C@@H]4[C@@]5(C)CC[C@H](O[C@@H]6OC[C@H](O)[C@H](O)[C@H]6O)[C@@](C)(CO)C5CC[C@]43C)C2[C@]1(C)O. The zero-order valence-corrected chi connectivity index (χ0v) is 27.5. The highest BCUT2D eigenvalue weighted by atomic mass is 16.7. The predicted octanol–water partition coefficient (Wildman–Crippen LogP) is 3.64. The van der Waals surface area contributed by atoms with E-state index in [4.69, 9.17) is 9.47 Å². The molecule has 2 unspecified atom stereocenters. The number of carboxylic acids is 1. The highest BCUT2D eigenvalue weighted by molar-refractivity contribution is 5.77. The van der Waals surface area contributed by atoms with E-state index in [0.29, 0.717) is 31.6 Å². The Balaban J connectivity index is 1.34. The Labute approximate surface area is 262 Å². The third-order valence-electron chi connectivity index (χ3n) is 15.3. The normalized spacial score (nSPS) is 57.2. The van der Waals surface area contributed by atoms with Gasteiger partial charge in [0.15, 0.2) is 6.29 Å². The van der Waals surface area contributed by atoms with Crippen LogP contribution in [0, 0.1) is 50.7 Å². The van der Waals surface area contributed by atoms with Crippen molar-refractivity contribution >= 4 is 5.97 Å². The number of hydrogen-bond donors (Lipinski definition) is 6. The number of carboxylic acid groups (broad SMARTS) is 1. The number of carbonyl (C=O) groups is 1. The van der Waals surface area contributed by atoms with Crippen molar-refractivity contribution in [1.29, 1.82) is 0 Å². The molecule has 1 saturated heterocycles. The summed E-state index contributed by atoms with van der Waals surface area (Å²) in [6.45, 7) is 12.9. The van der Waals surface area contributed by atoms with Crippen molar-refractivity contribution in [2.75, 3.05) is 13.2 Å². The lowest BCUT2D eigenvalue weighted by Crippen LogP contribution is -2.68. The Kier molecular flexibility index (Phi) is 7.81. The lowest BCUT2D eigenvalue weighted by Gasteiger charge is -2.72. The van der Waals surface area contributed by atoms with Gasteiger partial charge in [-0.2, -0.15) is 0 Å². The van der Waals surface area contributed by atoms with Gasteiger partial charge in [0, 0.05) is 11.3 Å². The van der Waals surface area contributed by atoms with Gasteiger partial charge in [0.1, 0.15) is 18.3 Å². The van der Waals surface area contributed by atoms with Gasteiger partial charge in [-0.3, -0.25) is 4.79 Å². The molecule has 15 atom stereocenters. The van der Waals surface area contributed by atoms with Crippen molar-refractivity contribution in [2.24, 2.45) is 50.7 Å². The van der Waals surface area contributed by atoms with Gasteiger partial charge < -0.3 is 40.1 Å². The molecule has 9 heteroatoms. The third-order valence-corrected chi connectivity index (χ3v) is 15.3. The van der Waals surface area contributed by atoms with E-state index in [1.807, 2.05) is 6.92 Å². The van der Waals surface area contributed by atoms with E-state index in [-0.39, 0.29) is 41.3 Å². The summed E-state index contributed by atoms with van der Waals surface area (Å²) in [6, 6.07) is 0. The van der Waals surface area contributed by atoms with Gasteiger partial charge >= 0.3 is 5.97 Å². The van der Waals surface area contributed by atoms with Crippen molar-refractivity contribution in [3.05, 3.63) is 11.6 Å². The highest BCUT2D eigenvalue weighted by Gasteiger charge is 2.71. The summed E-state index contributed by atoms with van der Waals surface area (Å²) < 4.78 is 12.0. The van der Waals surface area contributed by atoms with E-state index >= 15 is 0 Å². The second kappa shape index (κ2) is 10.5. The van der Waals surface area contributed by atoms with Crippen molar-refractivity contribution in [3.8, 4) is 0 Å². The van der Waals surface area contributed by atoms with E-state index in [9.17, 15) is 35.4 Å². The number of aliphatic hydroxyl groups excluding tert-OH is 4. The van der Waals surface area contributed by atoms with Crippen LogP contribution in [0.15, 0.2) is 11.6 Å². The number of ether oxygens (including phenoxy) is 2. The van der Waals surface area contributed by atoms with Crippen molar-refractivity contribution in [1.82, 2.24) is 0 Å². The van der Waals surface area contributed by atoms with E-state index < -0.39 is 59.0 Å². The lowest BCUT2D eigenvalue weighted by molar-refractivity contribution is -0.312. The zero-order valence-electron chi connectivity index (χ0n) is 27.5. The largest absolute Gasteiger partial charge is 0.481 e. The number of allylic oxidation sites excluding steroid dienone is 1. The first-order valence-corrected chi connectivity index (χ1v) is 17.0. The molecule has 44 heavy (non-hydrogen) atoms. The summed E-state index contributed by atoms with van der Waals surface area (Å²) in [5.41, 5.74) is -1.99. The van der Waals surface area contributed by atoms with Crippen LogP contribution in [0.5, 0.6) is 0 Å². The first-order chi connectivity index (χ1) is 20.4. The first-order valence-electron chi connectivity index (χ1n) is 17.0. The maximum absolute atomic E-state index is 13.0. The summed E-state index contributed by atoms with van der Waals surface area (Å²) in [5.74, 6) is -0.747. The van der Waals surface area contributed by atoms with Crippen LogP contribution in [0.25, 0.3) is 0 Å². The molecule has 1 aliphatic heterocycles. The molecule has 1 heterocycles. The Morgan fingerprint density at radius 3 is 2.32 bits per heavy atom. The van der Waals surface area contributed by atoms with E-state index in [1.54, 1.807) is 0 Å². The molecule has 0 amide bonds. The molecule has 0 aromatic heterocycles. The van der Waals surface area contributed by atoms with Gasteiger partial charge in [-0.25, -0.2) is 0 Å². The van der Waals surface area contributed by atoms with Gasteiger partial charge in [0.2, 0.25) is 0 Å². The molecule has 9 nitrogen and oxygen atoms in total. The van der Waals surface area contributed by atoms with Gasteiger partial charge in [0.25, 0.3) is 0 Å². The molecular weight excluding hydrogens is 564 g/mol. The first kappa shape index (κ1) is 32.9. The molecule has 5 aliphatic carbocycles. The summed E-state index contributed by atoms with van der Waals surface area (Å²) in [6.07, 6.45) is 3.74. The van der Waals surface area contributed by atoms with Crippen molar-refractivity contribution in [2.45, 2.75) is 136 Å². The fourth-order valence-corrected chi connectivity index (χ4v) is 12.1. The zero-order chi connectivity index (χ0) is 32.3. The minimum atomic E-state index is -1.38. The van der Waals surface area contributed by atoms with Gasteiger partial charge in [-0.05, 0) is 98.7 Å². The number of aliphatic hydroxyl groups is 5. The maximum atomic E-state index is 13.0. The molecule has 0 spiro atoms. The van der Waals surface area contributed by atoms with Crippen LogP contribution < -0.4 is 0 Å². The summed E-state index contributed by atoms with van der Waals surface area (Å²) >= 11 is 0. The maximum Gasteiger partial charge on any atom is 0.310 e. The van der Waals surface area contributed by atoms with Gasteiger partial charge in [0.05, 0.1) is 30.3 Å². The molecule has 5 fully saturated rings.